The lowest BCUT2D eigenvalue weighted by Crippen LogP contribution is -2.40. The molecule has 0 aliphatic heterocycles. The van der Waals surface area contributed by atoms with Gasteiger partial charge in [-0.3, -0.25) is 14.4 Å². The molecule has 2 amide bonds. The van der Waals surface area contributed by atoms with Crippen LogP contribution in [0.3, 0.4) is 0 Å². The quantitative estimate of drug-likeness (QED) is 0.454. The number of rotatable bonds is 8. The van der Waals surface area contributed by atoms with E-state index in [1.165, 1.54) is 37.4 Å². The molecule has 170 valence electrons. The van der Waals surface area contributed by atoms with Crippen LogP contribution in [-0.4, -0.2) is 37.4 Å². The number of carbonyl (C=O) groups is 3. The number of ether oxygens (including phenoxy) is 2. The number of hydrogen-bond donors (Lipinski definition) is 2. The molecule has 1 aliphatic carbocycles. The highest BCUT2D eigenvalue weighted by Gasteiger charge is 2.23. The molecule has 0 unspecified atom stereocenters. The Morgan fingerprint density at radius 1 is 1.06 bits per heavy atom. The van der Waals surface area contributed by atoms with Gasteiger partial charge in [0.25, 0.3) is 11.8 Å². The number of benzene rings is 2. The molecule has 0 spiro atoms. The Balaban J connectivity index is 1.59. The predicted octanol–water partition coefficient (Wildman–Crippen LogP) is 4.14. The number of halogens is 2. The molecule has 0 saturated heterocycles. The summed E-state index contributed by atoms with van der Waals surface area (Å²) in [6.07, 6.45) is 4.98. The summed E-state index contributed by atoms with van der Waals surface area (Å²) in [5, 5.41) is 5.23. The summed E-state index contributed by atoms with van der Waals surface area (Å²) in [6.45, 7) is -0.379. The first-order valence-corrected chi connectivity index (χ1v) is 10.7. The molecule has 7 nitrogen and oxygen atoms in total. The fourth-order valence-corrected chi connectivity index (χ4v) is 3.59. The van der Waals surface area contributed by atoms with E-state index in [1.807, 2.05) is 0 Å². The minimum absolute atomic E-state index is 0.0253. The lowest BCUT2D eigenvalue weighted by atomic mass is 9.95. The molecule has 1 aliphatic rings. The number of hydrogen-bond acceptors (Lipinski definition) is 5. The molecule has 9 heteroatoms. The van der Waals surface area contributed by atoms with Crippen molar-refractivity contribution in [2.45, 2.75) is 38.1 Å². The predicted molar refractivity (Wildman–Crippen MR) is 118 cm³/mol. The van der Waals surface area contributed by atoms with Crippen LogP contribution >= 0.6 is 11.6 Å². The molecule has 0 bridgehead atoms. The Labute approximate surface area is 190 Å². The van der Waals surface area contributed by atoms with Gasteiger partial charge >= 0.3 is 0 Å². The van der Waals surface area contributed by atoms with Crippen molar-refractivity contribution in [3.63, 3.8) is 0 Å². The van der Waals surface area contributed by atoms with Gasteiger partial charge in [-0.2, -0.15) is 0 Å². The Morgan fingerprint density at radius 3 is 2.50 bits per heavy atom. The van der Waals surface area contributed by atoms with Gasteiger partial charge in [-0.25, -0.2) is 4.39 Å². The van der Waals surface area contributed by atoms with Crippen molar-refractivity contribution >= 4 is 34.9 Å². The van der Waals surface area contributed by atoms with Crippen LogP contribution in [-0.2, 0) is 9.59 Å². The highest BCUT2D eigenvalue weighted by molar-refractivity contribution is 6.43. The molecule has 2 aromatic carbocycles. The number of methoxy groups -OCH3 is 1. The van der Waals surface area contributed by atoms with Crippen molar-refractivity contribution < 1.29 is 28.2 Å². The van der Waals surface area contributed by atoms with Gasteiger partial charge in [0, 0.05) is 17.3 Å². The Bertz CT molecular complexity index is 1010. The van der Waals surface area contributed by atoms with E-state index in [4.69, 9.17) is 21.1 Å². The first-order chi connectivity index (χ1) is 15.4. The van der Waals surface area contributed by atoms with Crippen LogP contribution in [0.2, 0.25) is 5.02 Å². The molecule has 1 saturated carbocycles. The Hall–Kier alpha value is -3.13. The van der Waals surface area contributed by atoms with Crippen LogP contribution in [0.15, 0.2) is 36.4 Å². The van der Waals surface area contributed by atoms with Crippen molar-refractivity contribution in [2.24, 2.45) is 0 Å². The normalized spacial score (nSPS) is 13.8. The standard InChI is InChI=1S/C23H24ClFN2O5/c1-31-20-11-14(22(29)23(30)27-15-5-3-2-4-6-15)7-10-19(20)32-13-21(28)26-16-8-9-17(24)18(25)12-16/h7-12,15H,2-6,13H2,1H3,(H,26,28)(H,27,30). The third-order valence-electron chi connectivity index (χ3n) is 5.13. The molecule has 0 heterocycles. The topological polar surface area (TPSA) is 93.7 Å². The van der Waals surface area contributed by atoms with Crippen molar-refractivity contribution in [2.75, 3.05) is 19.0 Å². The van der Waals surface area contributed by atoms with E-state index in [0.29, 0.717) is 0 Å². The summed E-state index contributed by atoms with van der Waals surface area (Å²) < 4.78 is 24.2. The fourth-order valence-electron chi connectivity index (χ4n) is 3.47. The summed E-state index contributed by atoms with van der Waals surface area (Å²) in [6, 6.07) is 8.20. The summed E-state index contributed by atoms with van der Waals surface area (Å²) in [5.41, 5.74) is 0.390. The van der Waals surface area contributed by atoms with Crippen LogP contribution in [0.5, 0.6) is 11.5 Å². The molecule has 1 fully saturated rings. The molecular weight excluding hydrogens is 439 g/mol. The second-order valence-corrected chi connectivity index (χ2v) is 7.88. The van der Waals surface area contributed by atoms with Gasteiger partial charge in [0.05, 0.1) is 12.1 Å². The molecule has 3 rings (SSSR count). The lowest BCUT2D eigenvalue weighted by Gasteiger charge is -2.22. The van der Waals surface area contributed by atoms with Crippen molar-refractivity contribution in [3.8, 4) is 11.5 Å². The van der Waals surface area contributed by atoms with E-state index >= 15 is 0 Å². The SMILES string of the molecule is COc1cc(C(=O)C(=O)NC2CCCCC2)ccc1OCC(=O)Nc1ccc(Cl)c(F)c1. The summed E-state index contributed by atoms with van der Waals surface area (Å²) in [7, 11) is 1.38. The minimum atomic E-state index is -0.664. The van der Waals surface area contributed by atoms with E-state index in [0.717, 1.165) is 38.2 Å². The van der Waals surface area contributed by atoms with E-state index in [-0.39, 0.29) is 40.4 Å². The highest BCUT2D eigenvalue weighted by Crippen LogP contribution is 2.28. The minimum Gasteiger partial charge on any atom is -0.493 e. The zero-order valence-electron chi connectivity index (χ0n) is 17.6. The van der Waals surface area contributed by atoms with Crippen LogP contribution in [0, 0.1) is 5.82 Å². The molecule has 0 atom stereocenters. The number of Topliss-reactive ketones (excluding diaryl/α,β-unsaturated/α-hetero) is 1. The maximum Gasteiger partial charge on any atom is 0.292 e. The number of anilines is 1. The number of amides is 2. The average molecular weight is 463 g/mol. The van der Waals surface area contributed by atoms with Gasteiger partial charge < -0.3 is 20.1 Å². The number of nitrogens with one attached hydrogen (secondary N) is 2. The maximum atomic E-state index is 13.5. The summed E-state index contributed by atoms with van der Waals surface area (Å²) in [5.74, 6) is -2.08. The molecule has 32 heavy (non-hydrogen) atoms. The molecule has 0 aromatic heterocycles. The third-order valence-corrected chi connectivity index (χ3v) is 5.44. The van der Waals surface area contributed by atoms with Crippen LogP contribution < -0.4 is 20.1 Å². The maximum absolute atomic E-state index is 13.5. The largest absolute Gasteiger partial charge is 0.493 e. The zero-order chi connectivity index (χ0) is 23.1. The summed E-state index contributed by atoms with van der Waals surface area (Å²) in [4.78, 5) is 36.9. The smallest absolute Gasteiger partial charge is 0.292 e. The second-order valence-electron chi connectivity index (χ2n) is 7.47. The molecule has 2 aromatic rings. The molecule has 0 radical (unpaired) electrons. The molecular formula is C23H24ClFN2O5. The molecule has 2 N–H and O–H groups in total. The van der Waals surface area contributed by atoms with Gasteiger partial charge in [-0.05, 0) is 49.2 Å². The van der Waals surface area contributed by atoms with Crippen molar-refractivity contribution in [3.05, 3.63) is 52.8 Å². The van der Waals surface area contributed by atoms with Crippen LogP contribution in [0.25, 0.3) is 0 Å². The second kappa shape index (κ2) is 10.9. The Kier molecular flexibility index (Phi) is 8.05. The third kappa shape index (κ3) is 6.20. The zero-order valence-corrected chi connectivity index (χ0v) is 18.3. The van der Waals surface area contributed by atoms with Crippen molar-refractivity contribution in [1.82, 2.24) is 5.32 Å². The van der Waals surface area contributed by atoms with Gasteiger partial charge in [-0.1, -0.05) is 30.9 Å². The van der Waals surface area contributed by atoms with Crippen LogP contribution in [0.4, 0.5) is 10.1 Å². The van der Waals surface area contributed by atoms with Gasteiger partial charge in [0.15, 0.2) is 18.1 Å². The van der Waals surface area contributed by atoms with Gasteiger partial charge in [0.1, 0.15) is 5.82 Å². The average Bonchev–Trinajstić information content (AvgIpc) is 2.80. The number of ketones is 1. The van der Waals surface area contributed by atoms with Gasteiger partial charge in [-0.15, -0.1) is 0 Å². The van der Waals surface area contributed by atoms with Gasteiger partial charge in [0.2, 0.25) is 5.78 Å². The fraction of sp³-hybridized carbons (Fsp3) is 0.348. The van der Waals surface area contributed by atoms with Crippen molar-refractivity contribution in [1.29, 1.82) is 0 Å². The first kappa shape index (κ1) is 23.5. The number of carbonyl (C=O) groups excluding carboxylic acids is 3. The van der Waals surface area contributed by atoms with E-state index in [2.05, 4.69) is 10.6 Å². The van der Waals surface area contributed by atoms with E-state index in [9.17, 15) is 18.8 Å². The Morgan fingerprint density at radius 2 is 1.81 bits per heavy atom. The lowest BCUT2D eigenvalue weighted by molar-refractivity contribution is -0.118. The summed E-state index contributed by atoms with van der Waals surface area (Å²) >= 11 is 5.62. The van der Waals surface area contributed by atoms with Crippen LogP contribution in [0.1, 0.15) is 42.5 Å². The van der Waals surface area contributed by atoms with E-state index < -0.39 is 23.4 Å². The highest BCUT2D eigenvalue weighted by atomic mass is 35.5. The first-order valence-electron chi connectivity index (χ1n) is 10.3. The van der Waals surface area contributed by atoms with E-state index in [1.54, 1.807) is 0 Å². The monoisotopic (exact) mass is 462 g/mol.